The molecule has 1 atom stereocenters. The van der Waals surface area contributed by atoms with Crippen LogP contribution in [0.2, 0.25) is 0 Å². The Hall–Kier alpha value is -1.16. The van der Waals surface area contributed by atoms with Crippen molar-refractivity contribution >= 4 is 32.4 Å². The molecule has 0 fully saturated rings. The minimum Gasteiger partial charge on any atom is -0.377 e. The van der Waals surface area contributed by atoms with E-state index in [-0.39, 0.29) is 0 Å². The predicted octanol–water partition coefficient (Wildman–Crippen LogP) is 4.67. The van der Waals surface area contributed by atoms with Gasteiger partial charge in [-0.1, -0.05) is 28.1 Å². The fraction of sp³-hybridized carbons (Fsp3) is 0.231. The summed E-state index contributed by atoms with van der Waals surface area (Å²) in [7, 11) is 0. The predicted molar refractivity (Wildman–Crippen MR) is 70.7 cm³/mol. The van der Waals surface area contributed by atoms with Gasteiger partial charge in [0.15, 0.2) is 0 Å². The van der Waals surface area contributed by atoms with Gasteiger partial charge in [-0.2, -0.15) is 0 Å². The van der Waals surface area contributed by atoms with Crippen LogP contribution in [0.3, 0.4) is 0 Å². The van der Waals surface area contributed by atoms with Crippen LogP contribution in [-0.4, -0.2) is 12.5 Å². The van der Waals surface area contributed by atoms with E-state index in [0.29, 0.717) is 5.69 Å². The third-order valence-corrected chi connectivity index (χ3v) is 3.07. The second-order valence-corrected chi connectivity index (χ2v) is 4.89. The Bertz CT molecular complexity index is 528. The molecule has 17 heavy (non-hydrogen) atoms. The summed E-state index contributed by atoms with van der Waals surface area (Å²) in [5, 5.41) is 4.89. The van der Waals surface area contributed by atoms with Gasteiger partial charge in [0.25, 0.3) is 6.43 Å². The van der Waals surface area contributed by atoms with Crippen molar-refractivity contribution in [3.8, 4) is 0 Å². The van der Waals surface area contributed by atoms with Crippen molar-refractivity contribution in [2.45, 2.75) is 19.4 Å². The normalized spacial score (nSPS) is 13.0. The molecule has 0 saturated heterocycles. The lowest BCUT2D eigenvalue weighted by Crippen LogP contribution is -2.23. The highest BCUT2D eigenvalue weighted by Gasteiger charge is 2.13. The Morgan fingerprint density at radius 2 is 1.71 bits per heavy atom. The van der Waals surface area contributed by atoms with Crippen molar-refractivity contribution in [2.75, 3.05) is 5.32 Å². The van der Waals surface area contributed by atoms with Crippen LogP contribution in [0.5, 0.6) is 0 Å². The summed E-state index contributed by atoms with van der Waals surface area (Å²) in [6.45, 7) is 1.47. The van der Waals surface area contributed by atoms with E-state index in [1.54, 1.807) is 0 Å². The van der Waals surface area contributed by atoms with Crippen LogP contribution in [0.1, 0.15) is 6.92 Å². The van der Waals surface area contributed by atoms with E-state index in [4.69, 9.17) is 0 Å². The first kappa shape index (κ1) is 12.3. The number of hydrogen-bond acceptors (Lipinski definition) is 1. The Kier molecular flexibility index (Phi) is 3.62. The maximum absolute atomic E-state index is 12.4. The van der Waals surface area contributed by atoms with Gasteiger partial charge in [-0.05, 0) is 42.0 Å². The molecule has 2 aromatic rings. The molecule has 90 valence electrons. The highest BCUT2D eigenvalue weighted by Crippen LogP contribution is 2.23. The average molecular weight is 300 g/mol. The largest absolute Gasteiger partial charge is 0.377 e. The van der Waals surface area contributed by atoms with Crippen LogP contribution in [-0.2, 0) is 0 Å². The van der Waals surface area contributed by atoms with Gasteiger partial charge in [0.1, 0.15) is 0 Å². The molecule has 2 rings (SSSR count). The summed E-state index contributed by atoms with van der Waals surface area (Å²) < 4.78 is 25.8. The zero-order valence-corrected chi connectivity index (χ0v) is 10.8. The average Bonchev–Trinajstić information content (AvgIpc) is 2.29. The van der Waals surface area contributed by atoms with Crippen LogP contribution in [0.4, 0.5) is 14.5 Å². The smallest absolute Gasteiger partial charge is 0.258 e. The Balaban J connectivity index is 2.29. The molecule has 0 spiro atoms. The van der Waals surface area contributed by atoms with Crippen LogP contribution in [0.15, 0.2) is 40.9 Å². The molecule has 4 heteroatoms. The number of rotatable bonds is 3. The molecule has 0 radical (unpaired) electrons. The van der Waals surface area contributed by atoms with Gasteiger partial charge < -0.3 is 5.32 Å². The molecule has 0 aromatic heterocycles. The SMILES string of the molecule is CC(Nc1ccc2cc(Br)ccc2c1)C(F)F. The minimum atomic E-state index is -2.37. The second-order valence-electron chi connectivity index (χ2n) is 3.97. The third kappa shape index (κ3) is 2.94. The highest BCUT2D eigenvalue weighted by molar-refractivity contribution is 9.10. The number of anilines is 1. The number of hydrogen-bond donors (Lipinski definition) is 1. The van der Waals surface area contributed by atoms with Gasteiger partial charge in [0, 0.05) is 10.2 Å². The van der Waals surface area contributed by atoms with Gasteiger partial charge in [0.05, 0.1) is 6.04 Å². The summed E-state index contributed by atoms with van der Waals surface area (Å²) in [5.74, 6) is 0. The zero-order valence-electron chi connectivity index (χ0n) is 9.25. The van der Waals surface area contributed by atoms with Gasteiger partial charge >= 0.3 is 0 Å². The van der Waals surface area contributed by atoms with E-state index in [1.807, 2.05) is 36.4 Å². The lowest BCUT2D eigenvalue weighted by Gasteiger charge is -2.14. The molecule has 1 unspecified atom stereocenters. The topological polar surface area (TPSA) is 12.0 Å². The molecule has 1 nitrogen and oxygen atoms in total. The molecular formula is C13H12BrF2N. The number of nitrogens with one attached hydrogen (secondary N) is 1. The molecule has 1 N–H and O–H groups in total. The van der Waals surface area contributed by atoms with Gasteiger partial charge in [-0.3, -0.25) is 0 Å². The summed E-state index contributed by atoms with van der Waals surface area (Å²) in [6, 6.07) is 10.6. The lowest BCUT2D eigenvalue weighted by atomic mass is 10.1. The maximum atomic E-state index is 12.4. The summed E-state index contributed by atoms with van der Waals surface area (Å²) in [5.41, 5.74) is 0.715. The first-order valence-electron chi connectivity index (χ1n) is 5.30. The lowest BCUT2D eigenvalue weighted by molar-refractivity contribution is 0.131. The van der Waals surface area contributed by atoms with E-state index < -0.39 is 12.5 Å². The molecule has 0 aliphatic rings. The number of alkyl halides is 2. The monoisotopic (exact) mass is 299 g/mol. The highest BCUT2D eigenvalue weighted by atomic mass is 79.9. The summed E-state index contributed by atoms with van der Waals surface area (Å²) in [6.07, 6.45) is -2.37. The number of halogens is 3. The van der Waals surface area contributed by atoms with E-state index in [9.17, 15) is 8.78 Å². The Morgan fingerprint density at radius 3 is 2.41 bits per heavy atom. The summed E-state index contributed by atoms with van der Waals surface area (Å²) in [4.78, 5) is 0. The van der Waals surface area contributed by atoms with Crippen molar-refractivity contribution in [2.24, 2.45) is 0 Å². The number of benzene rings is 2. The second kappa shape index (κ2) is 5.00. The minimum absolute atomic E-state index is 0.715. The van der Waals surface area contributed by atoms with Gasteiger partial charge in [-0.15, -0.1) is 0 Å². The standard InChI is InChI=1S/C13H12BrF2N/c1-8(13(15)16)17-12-5-3-9-6-11(14)4-2-10(9)7-12/h2-8,13,17H,1H3. The zero-order chi connectivity index (χ0) is 12.4. The van der Waals surface area contributed by atoms with Gasteiger partial charge in [-0.25, -0.2) is 8.78 Å². The molecule has 0 saturated carbocycles. The summed E-state index contributed by atoms with van der Waals surface area (Å²) >= 11 is 3.40. The van der Waals surface area contributed by atoms with Crippen molar-refractivity contribution < 1.29 is 8.78 Å². The van der Waals surface area contributed by atoms with Crippen molar-refractivity contribution in [3.05, 3.63) is 40.9 Å². The van der Waals surface area contributed by atoms with Gasteiger partial charge in [0.2, 0.25) is 0 Å². The van der Waals surface area contributed by atoms with E-state index in [1.165, 1.54) is 6.92 Å². The molecule has 2 aromatic carbocycles. The molecule has 0 heterocycles. The van der Waals surface area contributed by atoms with Crippen LogP contribution >= 0.6 is 15.9 Å². The maximum Gasteiger partial charge on any atom is 0.258 e. The van der Waals surface area contributed by atoms with E-state index in [2.05, 4.69) is 21.2 Å². The Labute approximate surface area is 107 Å². The van der Waals surface area contributed by atoms with Crippen LogP contribution in [0, 0.1) is 0 Å². The molecule has 0 aliphatic carbocycles. The quantitative estimate of drug-likeness (QED) is 0.868. The number of fused-ring (bicyclic) bond motifs is 1. The van der Waals surface area contributed by atoms with E-state index >= 15 is 0 Å². The fourth-order valence-electron chi connectivity index (χ4n) is 1.63. The van der Waals surface area contributed by atoms with Crippen molar-refractivity contribution in [1.82, 2.24) is 0 Å². The van der Waals surface area contributed by atoms with Crippen molar-refractivity contribution in [1.29, 1.82) is 0 Å². The van der Waals surface area contributed by atoms with Crippen LogP contribution < -0.4 is 5.32 Å². The molecule has 0 amide bonds. The molecular weight excluding hydrogens is 288 g/mol. The Morgan fingerprint density at radius 1 is 1.06 bits per heavy atom. The molecule has 0 aliphatic heterocycles. The van der Waals surface area contributed by atoms with Crippen molar-refractivity contribution in [3.63, 3.8) is 0 Å². The first-order valence-corrected chi connectivity index (χ1v) is 6.09. The first-order chi connectivity index (χ1) is 8.06. The fourth-order valence-corrected chi connectivity index (χ4v) is 2.01. The van der Waals surface area contributed by atoms with Crippen LogP contribution in [0.25, 0.3) is 10.8 Å². The van der Waals surface area contributed by atoms with E-state index in [0.717, 1.165) is 15.2 Å². The third-order valence-electron chi connectivity index (χ3n) is 2.57. The molecule has 0 bridgehead atoms.